The first-order valence-electron chi connectivity index (χ1n) is 7.79. The summed E-state index contributed by atoms with van der Waals surface area (Å²) in [6.45, 7) is 11.2. The third-order valence-electron chi connectivity index (χ3n) is 2.53. The van der Waals surface area contributed by atoms with Gasteiger partial charge in [0.15, 0.2) is 0 Å². The molecule has 0 saturated carbocycles. The van der Waals surface area contributed by atoms with E-state index in [0.717, 1.165) is 16.7 Å². The molecule has 25 heavy (non-hydrogen) atoms. The van der Waals surface area contributed by atoms with Crippen LogP contribution < -0.4 is 5.32 Å². The van der Waals surface area contributed by atoms with E-state index in [0.29, 0.717) is 0 Å². The Morgan fingerprint density at radius 1 is 0.480 bits per heavy atom. The molecule has 0 heterocycles. The van der Waals surface area contributed by atoms with E-state index in [1.165, 1.54) is 0 Å². The van der Waals surface area contributed by atoms with Crippen molar-refractivity contribution in [2.45, 2.75) is 0 Å². The molecule has 0 bridgehead atoms. The second-order valence-corrected chi connectivity index (χ2v) is 4.96. The summed E-state index contributed by atoms with van der Waals surface area (Å²) in [5.41, 5.74) is 3.22. The number of nitrogens with one attached hydrogen (secondary N) is 1. The second-order valence-electron chi connectivity index (χ2n) is 4.96. The summed E-state index contributed by atoms with van der Waals surface area (Å²) in [7, 11) is 3.75. The largest absolute Gasteiger partial charge is 3.00 e. The molecule has 0 aliphatic carbocycles. The minimum absolute atomic E-state index is 0. The van der Waals surface area contributed by atoms with Crippen LogP contribution in [-0.4, -0.2) is 14.1 Å². The second kappa shape index (κ2) is 18.4. The molecule has 0 spiro atoms. The molecule has 0 atom stereocenters. The summed E-state index contributed by atoms with van der Waals surface area (Å²) in [6, 6.07) is 29.6. The van der Waals surface area contributed by atoms with Crippen molar-refractivity contribution in [1.82, 2.24) is 5.32 Å². The van der Waals surface area contributed by atoms with Crippen molar-refractivity contribution in [1.29, 1.82) is 0 Å². The van der Waals surface area contributed by atoms with Crippen LogP contribution >= 0.6 is 0 Å². The minimum Gasteiger partial charge on any atom is -0.323 e. The molecule has 0 aliphatic heterocycles. The molecule has 0 saturated heterocycles. The standard InChI is InChI=1S/3C7H7.C2H7N.Sc/c3*1-7-5-3-2-4-6-7;1-3-2;/h3*2-6H,1H2;3H,1-2H3;/q3*-1;;+3. The van der Waals surface area contributed by atoms with E-state index in [4.69, 9.17) is 0 Å². The Hall–Kier alpha value is -1.90. The van der Waals surface area contributed by atoms with Crippen molar-refractivity contribution in [3.05, 3.63) is 128 Å². The summed E-state index contributed by atoms with van der Waals surface area (Å²) >= 11 is 0. The number of hydrogen-bond acceptors (Lipinski definition) is 1. The van der Waals surface area contributed by atoms with Crippen molar-refractivity contribution < 1.29 is 25.8 Å². The van der Waals surface area contributed by atoms with Crippen molar-refractivity contribution in [3.63, 3.8) is 0 Å². The Morgan fingerprint density at radius 2 is 0.640 bits per heavy atom. The zero-order valence-electron chi connectivity index (χ0n) is 15.4. The number of benzene rings is 3. The van der Waals surface area contributed by atoms with Crippen LogP contribution in [0.5, 0.6) is 0 Å². The Kier molecular flexibility index (Phi) is 18.7. The maximum Gasteiger partial charge on any atom is 3.00 e. The van der Waals surface area contributed by atoms with Crippen molar-refractivity contribution in [2.75, 3.05) is 14.1 Å². The van der Waals surface area contributed by atoms with E-state index >= 15 is 0 Å². The molecule has 3 aromatic rings. The molecule has 0 aliphatic rings. The van der Waals surface area contributed by atoms with Crippen LogP contribution in [0.15, 0.2) is 91.0 Å². The molecule has 0 aromatic heterocycles. The Labute approximate surface area is 173 Å². The van der Waals surface area contributed by atoms with Crippen LogP contribution in [-0.2, 0) is 25.8 Å². The van der Waals surface area contributed by atoms with Crippen molar-refractivity contribution >= 4 is 0 Å². The average Bonchev–Trinajstić information content (AvgIpc) is 2.59. The fourth-order valence-electron chi connectivity index (χ4n) is 1.43. The van der Waals surface area contributed by atoms with Crippen LogP contribution in [0.25, 0.3) is 0 Å². The van der Waals surface area contributed by atoms with Gasteiger partial charge < -0.3 is 5.32 Å². The van der Waals surface area contributed by atoms with E-state index in [1.807, 2.05) is 105 Å². The van der Waals surface area contributed by atoms with Crippen molar-refractivity contribution in [2.24, 2.45) is 0 Å². The monoisotopic (exact) mass is 363 g/mol. The van der Waals surface area contributed by atoms with E-state index in [-0.39, 0.29) is 25.8 Å². The fraction of sp³-hybridized carbons (Fsp3) is 0.0870. The van der Waals surface area contributed by atoms with Crippen LogP contribution in [0.2, 0.25) is 0 Å². The zero-order chi connectivity index (χ0) is 18.0. The molecule has 128 valence electrons. The van der Waals surface area contributed by atoms with Gasteiger partial charge in [0.2, 0.25) is 0 Å². The predicted octanol–water partition coefficient (Wildman–Crippen LogP) is 5.44. The first-order chi connectivity index (χ1) is 11.6. The van der Waals surface area contributed by atoms with E-state index in [2.05, 4.69) is 26.1 Å². The summed E-state index contributed by atoms with van der Waals surface area (Å²) in [6.07, 6.45) is 0. The third kappa shape index (κ3) is 18.3. The summed E-state index contributed by atoms with van der Waals surface area (Å²) in [4.78, 5) is 0. The predicted molar refractivity (Wildman–Crippen MR) is 108 cm³/mol. The first-order valence-corrected chi connectivity index (χ1v) is 7.79. The molecule has 0 amide bonds. The maximum atomic E-state index is 3.72. The molecule has 1 N–H and O–H groups in total. The van der Waals surface area contributed by atoms with Gasteiger partial charge in [0.25, 0.3) is 0 Å². The van der Waals surface area contributed by atoms with Gasteiger partial charge in [-0.2, -0.15) is 73.9 Å². The Bertz CT molecular complexity index is 506. The molecule has 0 fully saturated rings. The molecule has 1 nitrogen and oxygen atoms in total. The van der Waals surface area contributed by atoms with Crippen LogP contribution in [0.3, 0.4) is 0 Å². The third-order valence-corrected chi connectivity index (χ3v) is 2.53. The average molecular weight is 363 g/mol. The molecule has 2 heteroatoms. The first kappa shape index (κ1) is 25.3. The topological polar surface area (TPSA) is 12.0 Å². The smallest absolute Gasteiger partial charge is 0.323 e. The van der Waals surface area contributed by atoms with Gasteiger partial charge in [0.05, 0.1) is 0 Å². The molecule has 3 rings (SSSR count). The fourth-order valence-corrected chi connectivity index (χ4v) is 1.43. The molecular weight excluding hydrogens is 335 g/mol. The van der Waals surface area contributed by atoms with Gasteiger partial charge >= 0.3 is 25.8 Å². The molecular formula is C23H28NSc. The van der Waals surface area contributed by atoms with Crippen molar-refractivity contribution in [3.8, 4) is 0 Å². The van der Waals surface area contributed by atoms with Gasteiger partial charge in [-0.1, -0.05) is 18.2 Å². The summed E-state index contributed by atoms with van der Waals surface area (Å²) in [5, 5.41) is 2.75. The van der Waals surface area contributed by atoms with Crippen LogP contribution in [0.1, 0.15) is 16.7 Å². The van der Waals surface area contributed by atoms with Gasteiger partial charge in [-0.05, 0) is 14.1 Å². The van der Waals surface area contributed by atoms with E-state index in [1.54, 1.807) is 0 Å². The van der Waals surface area contributed by atoms with Crippen LogP contribution in [0, 0.1) is 20.8 Å². The molecule has 3 aromatic carbocycles. The normalized spacial score (nSPS) is 7.92. The van der Waals surface area contributed by atoms with Gasteiger partial charge in [-0.25, -0.2) is 0 Å². The summed E-state index contributed by atoms with van der Waals surface area (Å²) in [5.74, 6) is 0. The van der Waals surface area contributed by atoms with Gasteiger partial charge in [0.1, 0.15) is 0 Å². The molecule has 0 radical (unpaired) electrons. The van der Waals surface area contributed by atoms with E-state index in [9.17, 15) is 0 Å². The molecule has 0 unspecified atom stereocenters. The zero-order valence-corrected chi connectivity index (χ0v) is 17.2. The maximum absolute atomic E-state index is 3.72. The SMILES string of the molecule is CNC.[CH2-]c1ccccc1.[CH2-]c1ccccc1.[CH2-]c1ccccc1.[Sc+3]. The minimum atomic E-state index is 0. The van der Waals surface area contributed by atoms with Gasteiger partial charge in [-0.3, -0.25) is 0 Å². The van der Waals surface area contributed by atoms with Crippen LogP contribution in [0.4, 0.5) is 0 Å². The number of hydrogen-bond donors (Lipinski definition) is 1. The van der Waals surface area contributed by atoms with E-state index < -0.39 is 0 Å². The number of rotatable bonds is 0. The quantitative estimate of drug-likeness (QED) is 0.525. The Morgan fingerprint density at radius 3 is 0.720 bits per heavy atom. The van der Waals surface area contributed by atoms with Gasteiger partial charge in [-0.15, -0.1) is 36.4 Å². The Balaban J connectivity index is 0. The summed E-state index contributed by atoms with van der Waals surface area (Å²) < 4.78 is 0. The van der Waals surface area contributed by atoms with Gasteiger partial charge in [0, 0.05) is 0 Å².